The number of nitrogens with zero attached hydrogens (tertiary/aromatic N) is 1. The fraction of sp³-hybridized carbons (Fsp3) is 0.455. The van der Waals surface area contributed by atoms with E-state index in [0.29, 0.717) is 5.82 Å². The van der Waals surface area contributed by atoms with E-state index in [1.807, 2.05) is 40.8 Å². The van der Waals surface area contributed by atoms with Crippen LogP contribution in [0.15, 0.2) is 18.2 Å². The molecule has 15 heavy (non-hydrogen) atoms. The second-order valence-corrected chi connectivity index (χ2v) is 4.36. The van der Waals surface area contributed by atoms with Gasteiger partial charge in [-0.1, -0.05) is 32.9 Å². The lowest BCUT2D eigenvalue weighted by Gasteiger charge is -2.21. The summed E-state index contributed by atoms with van der Waals surface area (Å²) in [5, 5.41) is 2.82. The highest BCUT2D eigenvalue weighted by Gasteiger charge is 2.25. The first-order valence-corrected chi connectivity index (χ1v) is 5.21. The van der Waals surface area contributed by atoms with Gasteiger partial charge >= 0.3 is 0 Å². The highest BCUT2D eigenvalue weighted by Crippen LogP contribution is 2.21. The van der Waals surface area contributed by atoms with E-state index < -0.39 is 0 Å². The molecule has 0 aromatic carbocycles. The van der Waals surface area contributed by atoms with Crippen molar-refractivity contribution in [3.8, 4) is 0 Å². The maximum absolute atomic E-state index is 11.8. The first-order chi connectivity index (χ1) is 6.95. The van der Waals surface area contributed by atoms with Gasteiger partial charge in [-0.3, -0.25) is 4.79 Å². The highest BCUT2D eigenvalue weighted by atomic mass is 16.2. The van der Waals surface area contributed by atoms with Crippen molar-refractivity contribution in [2.75, 3.05) is 5.32 Å². The molecule has 1 amide bonds. The van der Waals surface area contributed by atoms with Crippen molar-refractivity contribution in [2.24, 2.45) is 5.41 Å². The summed E-state index contributed by atoms with van der Waals surface area (Å²) in [6.45, 7) is 5.86. The predicted molar refractivity (Wildman–Crippen MR) is 65.1 cm³/mol. The number of carbonyl (C=O) groups is 1. The third-order valence-electron chi connectivity index (χ3n) is 2.63. The Morgan fingerprint density at radius 2 is 2.20 bits per heavy atom. The molecule has 0 saturated heterocycles. The van der Waals surface area contributed by atoms with Crippen molar-refractivity contribution < 1.29 is 4.79 Å². The third-order valence-corrected chi connectivity index (χ3v) is 2.63. The van der Waals surface area contributed by atoms with E-state index in [0.717, 1.165) is 12.0 Å². The van der Waals surface area contributed by atoms with Gasteiger partial charge in [0.25, 0.3) is 0 Å². The van der Waals surface area contributed by atoms with Gasteiger partial charge in [0.2, 0.25) is 5.91 Å². The maximum Gasteiger partial charge on any atom is 0.231 e. The van der Waals surface area contributed by atoms with E-state index in [9.17, 15) is 4.79 Å². The average molecular weight is 204 g/mol. The summed E-state index contributed by atoms with van der Waals surface area (Å²) in [6, 6.07) is 5.59. The lowest BCUT2D eigenvalue weighted by molar-refractivity contribution is -0.124. The summed E-state index contributed by atoms with van der Waals surface area (Å²) in [5.74, 6) is 0.643. The fourth-order valence-corrected chi connectivity index (χ4v) is 1.06. The first-order valence-electron chi connectivity index (χ1n) is 5.21. The van der Waals surface area contributed by atoms with Crippen LogP contribution in [0.25, 0.3) is 0 Å². The number of rotatable bonds is 3. The summed E-state index contributed by atoms with van der Waals surface area (Å²) >= 11 is 0. The molecule has 3 nitrogen and oxygen atoms in total. The van der Waals surface area contributed by atoms with Crippen LogP contribution in [-0.2, 0) is 4.79 Å². The van der Waals surface area contributed by atoms with Crippen molar-refractivity contribution in [1.29, 1.82) is 0 Å². The number of hydrogen-bond donors (Lipinski definition) is 1. The minimum atomic E-state index is -0.342. The van der Waals surface area contributed by atoms with Crippen molar-refractivity contribution >= 4 is 25.2 Å². The lowest BCUT2D eigenvalue weighted by Crippen LogP contribution is -2.30. The number of pyridine rings is 1. The number of aromatic nitrogens is 1. The van der Waals surface area contributed by atoms with Gasteiger partial charge in [0, 0.05) is 5.41 Å². The predicted octanol–water partition coefficient (Wildman–Crippen LogP) is 0.715. The summed E-state index contributed by atoms with van der Waals surface area (Å²) in [4.78, 5) is 16.1. The van der Waals surface area contributed by atoms with Crippen molar-refractivity contribution in [1.82, 2.24) is 4.98 Å². The zero-order valence-electron chi connectivity index (χ0n) is 9.79. The molecule has 1 rings (SSSR count). The number of hydrogen-bond acceptors (Lipinski definition) is 2. The van der Waals surface area contributed by atoms with Gasteiger partial charge in [-0.25, -0.2) is 4.98 Å². The van der Waals surface area contributed by atoms with E-state index in [-0.39, 0.29) is 11.3 Å². The zero-order chi connectivity index (χ0) is 11.5. The van der Waals surface area contributed by atoms with Crippen LogP contribution in [0.3, 0.4) is 0 Å². The molecule has 0 spiro atoms. The summed E-state index contributed by atoms with van der Waals surface area (Å²) < 4.78 is 0. The zero-order valence-corrected chi connectivity index (χ0v) is 9.79. The van der Waals surface area contributed by atoms with Crippen LogP contribution in [0.5, 0.6) is 0 Å². The molecule has 0 bridgehead atoms. The topological polar surface area (TPSA) is 42.0 Å². The van der Waals surface area contributed by atoms with Crippen LogP contribution >= 0.6 is 0 Å². The Bertz CT molecular complexity index is 363. The molecule has 4 heteroatoms. The van der Waals surface area contributed by atoms with Gasteiger partial charge in [0.05, 0.1) is 0 Å². The second kappa shape index (κ2) is 4.47. The van der Waals surface area contributed by atoms with E-state index in [4.69, 9.17) is 0 Å². The molecule has 0 atom stereocenters. The number of amides is 1. The van der Waals surface area contributed by atoms with Crippen LogP contribution in [-0.4, -0.2) is 18.7 Å². The van der Waals surface area contributed by atoms with Crippen LogP contribution in [0, 0.1) is 5.41 Å². The monoisotopic (exact) mass is 204 g/mol. The Morgan fingerprint density at radius 3 is 2.73 bits per heavy atom. The molecule has 80 valence electrons. The smallest absolute Gasteiger partial charge is 0.231 e. The molecular formula is C11H17BN2O. The van der Waals surface area contributed by atoms with E-state index in [1.165, 1.54) is 0 Å². The van der Waals surface area contributed by atoms with E-state index >= 15 is 0 Å². The number of anilines is 1. The minimum Gasteiger partial charge on any atom is -0.310 e. The molecule has 0 saturated carbocycles. The van der Waals surface area contributed by atoms with Crippen molar-refractivity contribution in [2.45, 2.75) is 27.2 Å². The Kier molecular flexibility index (Phi) is 3.50. The molecule has 0 unspecified atom stereocenters. The van der Waals surface area contributed by atoms with E-state index in [2.05, 4.69) is 10.3 Å². The van der Waals surface area contributed by atoms with Crippen LogP contribution in [0.1, 0.15) is 27.2 Å². The van der Waals surface area contributed by atoms with Gasteiger partial charge in [0.15, 0.2) is 7.85 Å². The quantitative estimate of drug-likeness (QED) is 0.737. The first kappa shape index (κ1) is 11.8. The molecule has 1 heterocycles. The Morgan fingerprint density at radius 1 is 1.53 bits per heavy atom. The molecule has 0 fully saturated rings. The van der Waals surface area contributed by atoms with Crippen LogP contribution < -0.4 is 10.9 Å². The van der Waals surface area contributed by atoms with Gasteiger partial charge in [-0.2, -0.15) is 0 Å². The largest absolute Gasteiger partial charge is 0.310 e. The molecule has 1 N–H and O–H groups in total. The fourth-order valence-electron chi connectivity index (χ4n) is 1.06. The third kappa shape index (κ3) is 3.08. The molecule has 1 aromatic rings. The Hall–Kier alpha value is -1.32. The normalized spacial score (nSPS) is 11.1. The summed E-state index contributed by atoms with van der Waals surface area (Å²) in [6.07, 6.45) is 0.810. The molecule has 0 aliphatic carbocycles. The standard InChI is InChI=1S/C11H17BN2O/c1-4-11(2,3)10(15)14-9-7-5-6-8(12)13-9/h5-7H,4,12H2,1-3H3,(H,13,14,15). The highest BCUT2D eigenvalue weighted by molar-refractivity contribution is 6.30. The van der Waals surface area contributed by atoms with Gasteiger partial charge in [-0.05, 0) is 18.1 Å². The molecular weight excluding hydrogens is 187 g/mol. The second-order valence-electron chi connectivity index (χ2n) is 4.36. The van der Waals surface area contributed by atoms with Gasteiger partial charge < -0.3 is 5.32 Å². The van der Waals surface area contributed by atoms with E-state index in [1.54, 1.807) is 6.07 Å². The Balaban J connectivity index is 2.75. The maximum atomic E-state index is 11.8. The number of carbonyl (C=O) groups excluding carboxylic acids is 1. The van der Waals surface area contributed by atoms with Gasteiger partial charge in [-0.15, -0.1) is 0 Å². The summed E-state index contributed by atoms with van der Waals surface area (Å²) in [5.41, 5.74) is 0.563. The molecule has 0 radical (unpaired) electrons. The van der Waals surface area contributed by atoms with Crippen molar-refractivity contribution in [3.63, 3.8) is 0 Å². The SMILES string of the molecule is Bc1cccc(NC(=O)C(C)(C)CC)n1. The lowest BCUT2D eigenvalue weighted by atomic mass is 9.89. The van der Waals surface area contributed by atoms with Crippen LogP contribution in [0.2, 0.25) is 0 Å². The molecule has 0 aliphatic rings. The van der Waals surface area contributed by atoms with Crippen LogP contribution in [0.4, 0.5) is 5.82 Å². The molecule has 1 aromatic heterocycles. The van der Waals surface area contributed by atoms with Crippen molar-refractivity contribution in [3.05, 3.63) is 18.2 Å². The van der Waals surface area contributed by atoms with Gasteiger partial charge in [0.1, 0.15) is 5.82 Å². The Labute approximate surface area is 91.7 Å². The molecule has 0 aliphatic heterocycles. The number of nitrogens with one attached hydrogen (secondary N) is 1. The average Bonchev–Trinajstić information content (AvgIpc) is 2.17. The minimum absolute atomic E-state index is 0.0168. The summed E-state index contributed by atoms with van der Waals surface area (Å²) in [7, 11) is 1.90.